The van der Waals surface area contributed by atoms with Crippen LogP contribution in [0.25, 0.3) is 0 Å². The Labute approximate surface area is 130 Å². The normalized spacial score (nSPS) is 20.2. The van der Waals surface area contributed by atoms with E-state index in [1.54, 1.807) is 0 Å². The van der Waals surface area contributed by atoms with Gasteiger partial charge < -0.3 is 5.32 Å². The molecule has 5 nitrogen and oxygen atoms in total. The molecule has 0 atom stereocenters. The van der Waals surface area contributed by atoms with Gasteiger partial charge >= 0.3 is 0 Å². The van der Waals surface area contributed by atoms with Crippen LogP contribution in [0.4, 0.5) is 0 Å². The fourth-order valence-corrected chi connectivity index (χ4v) is 3.55. The van der Waals surface area contributed by atoms with Crippen LogP contribution in [0.2, 0.25) is 0 Å². The van der Waals surface area contributed by atoms with Crippen LogP contribution in [-0.2, 0) is 11.3 Å². The minimum atomic E-state index is 0.151. The Hall–Kier alpha value is -1.17. The summed E-state index contributed by atoms with van der Waals surface area (Å²) in [5.41, 5.74) is 0. The van der Waals surface area contributed by atoms with E-state index in [2.05, 4.69) is 20.1 Å². The van der Waals surface area contributed by atoms with Crippen molar-refractivity contribution in [1.82, 2.24) is 20.1 Å². The highest BCUT2D eigenvalue weighted by molar-refractivity contribution is 7.71. The maximum atomic E-state index is 12.1. The number of aromatic nitrogens is 3. The molecule has 1 aromatic heterocycles. The first kappa shape index (κ1) is 14.8. The van der Waals surface area contributed by atoms with E-state index in [-0.39, 0.29) is 5.91 Å². The maximum absolute atomic E-state index is 12.1. The van der Waals surface area contributed by atoms with Gasteiger partial charge in [-0.05, 0) is 43.8 Å². The van der Waals surface area contributed by atoms with Crippen LogP contribution in [0, 0.1) is 10.7 Å². The zero-order valence-electron chi connectivity index (χ0n) is 12.4. The summed E-state index contributed by atoms with van der Waals surface area (Å²) in [5.74, 6) is 1.58. The summed E-state index contributed by atoms with van der Waals surface area (Å²) >= 11 is 5.25. The Kier molecular flexibility index (Phi) is 4.73. The number of nitrogens with one attached hydrogen (secondary N) is 2. The molecule has 0 spiro atoms. The topological polar surface area (TPSA) is 62.7 Å². The summed E-state index contributed by atoms with van der Waals surface area (Å²) < 4.78 is 2.73. The Bertz CT molecular complexity index is 538. The lowest BCUT2D eigenvalue weighted by Crippen LogP contribution is -2.26. The van der Waals surface area contributed by atoms with E-state index in [1.807, 2.05) is 0 Å². The van der Waals surface area contributed by atoms with Crippen LogP contribution >= 0.6 is 12.2 Å². The molecule has 0 unspecified atom stereocenters. The summed E-state index contributed by atoms with van der Waals surface area (Å²) in [6.45, 7) is 0.481. The van der Waals surface area contributed by atoms with Crippen LogP contribution in [0.1, 0.15) is 69.7 Å². The predicted molar refractivity (Wildman–Crippen MR) is 83.3 cm³/mol. The minimum absolute atomic E-state index is 0.151. The van der Waals surface area contributed by atoms with E-state index in [0.29, 0.717) is 29.7 Å². The molecule has 2 saturated carbocycles. The fraction of sp³-hybridized carbons (Fsp3) is 0.800. The Morgan fingerprint density at radius 1 is 1.24 bits per heavy atom. The van der Waals surface area contributed by atoms with Crippen molar-refractivity contribution in [3.8, 4) is 0 Å². The third kappa shape index (κ3) is 3.93. The lowest BCUT2D eigenvalue weighted by atomic mass is 9.96. The molecule has 116 valence electrons. The number of amides is 1. The molecular formula is C15H24N4OS. The molecule has 2 aliphatic carbocycles. The Morgan fingerprint density at radius 2 is 1.95 bits per heavy atom. The third-order valence-electron chi connectivity index (χ3n) is 4.58. The number of hydrogen-bond donors (Lipinski definition) is 2. The van der Waals surface area contributed by atoms with Crippen molar-refractivity contribution < 1.29 is 4.79 Å². The Balaban J connectivity index is 1.50. The van der Waals surface area contributed by atoms with Crippen molar-refractivity contribution >= 4 is 18.1 Å². The number of carbonyl (C=O) groups is 1. The zero-order valence-corrected chi connectivity index (χ0v) is 13.3. The average Bonchev–Trinajstić information content (AvgIpc) is 3.26. The average molecular weight is 308 g/mol. The molecular weight excluding hydrogens is 284 g/mol. The molecule has 3 rings (SSSR count). The van der Waals surface area contributed by atoms with E-state index in [4.69, 9.17) is 12.2 Å². The van der Waals surface area contributed by atoms with Gasteiger partial charge in [-0.2, -0.15) is 5.10 Å². The number of rotatable bonds is 5. The quantitative estimate of drug-likeness (QED) is 0.648. The van der Waals surface area contributed by atoms with E-state index >= 15 is 0 Å². The Morgan fingerprint density at radius 3 is 2.62 bits per heavy atom. The largest absolute Gasteiger partial charge is 0.349 e. The molecule has 2 aliphatic rings. The van der Waals surface area contributed by atoms with Crippen LogP contribution in [0.3, 0.4) is 0 Å². The van der Waals surface area contributed by atoms with Gasteiger partial charge in [0.2, 0.25) is 5.91 Å². The van der Waals surface area contributed by atoms with Crippen LogP contribution in [0.15, 0.2) is 0 Å². The predicted octanol–water partition coefficient (Wildman–Crippen LogP) is 3.25. The highest BCUT2D eigenvalue weighted by Crippen LogP contribution is 2.35. The molecule has 21 heavy (non-hydrogen) atoms. The molecule has 2 N–H and O–H groups in total. The van der Waals surface area contributed by atoms with Gasteiger partial charge in [0.1, 0.15) is 0 Å². The first-order valence-corrected chi connectivity index (χ1v) is 8.57. The molecule has 6 heteroatoms. The molecule has 1 heterocycles. The van der Waals surface area contributed by atoms with E-state index in [9.17, 15) is 4.79 Å². The van der Waals surface area contributed by atoms with Gasteiger partial charge in [-0.25, -0.2) is 0 Å². The van der Waals surface area contributed by atoms with E-state index in [0.717, 1.165) is 18.7 Å². The lowest BCUT2D eigenvalue weighted by molar-refractivity contribution is -0.122. The van der Waals surface area contributed by atoms with Crippen molar-refractivity contribution in [2.75, 3.05) is 0 Å². The molecule has 0 radical (unpaired) electrons. The molecule has 0 aliphatic heterocycles. The van der Waals surface area contributed by atoms with Crippen LogP contribution in [0.5, 0.6) is 0 Å². The van der Waals surface area contributed by atoms with Crippen LogP contribution < -0.4 is 5.32 Å². The number of hydrogen-bond acceptors (Lipinski definition) is 3. The highest BCUT2D eigenvalue weighted by Gasteiger charge is 2.27. The minimum Gasteiger partial charge on any atom is -0.349 e. The number of carbonyl (C=O) groups excluding carboxylic acids is 1. The second-order valence-electron chi connectivity index (χ2n) is 6.38. The number of aromatic amines is 1. The second-order valence-corrected chi connectivity index (χ2v) is 6.77. The maximum Gasteiger partial charge on any atom is 0.220 e. The summed E-state index contributed by atoms with van der Waals surface area (Å²) in [6, 6.07) is 0.491. The fourth-order valence-electron chi connectivity index (χ4n) is 3.25. The van der Waals surface area contributed by atoms with E-state index < -0.39 is 0 Å². The van der Waals surface area contributed by atoms with Gasteiger partial charge in [0, 0.05) is 12.5 Å². The lowest BCUT2D eigenvalue weighted by Gasteiger charge is -2.13. The third-order valence-corrected chi connectivity index (χ3v) is 4.87. The monoisotopic (exact) mass is 308 g/mol. The van der Waals surface area contributed by atoms with Crippen molar-refractivity contribution in [2.45, 2.75) is 70.4 Å². The molecule has 0 aromatic carbocycles. The second kappa shape index (κ2) is 6.73. The molecule has 0 saturated heterocycles. The first-order valence-electron chi connectivity index (χ1n) is 8.16. The summed E-state index contributed by atoms with van der Waals surface area (Å²) in [6.07, 6.45) is 10.6. The highest BCUT2D eigenvalue weighted by atomic mass is 32.1. The van der Waals surface area contributed by atoms with Crippen molar-refractivity contribution in [2.24, 2.45) is 5.92 Å². The van der Waals surface area contributed by atoms with Gasteiger partial charge in [-0.3, -0.25) is 14.5 Å². The SMILES string of the molecule is O=C(CC1CCCCCC1)NCc1n[nH]c(=S)n1C1CC1. The molecule has 1 aromatic rings. The smallest absolute Gasteiger partial charge is 0.220 e. The standard InChI is InChI=1S/C15H24N4OS/c20-14(9-11-5-3-1-2-4-6-11)16-10-13-17-18-15(21)19(13)12-7-8-12/h11-12H,1-10H2,(H,16,20)(H,18,21). The molecule has 1 amide bonds. The van der Waals surface area contributed by atoms with Crippen molar-refractivity contribution in [3.63, 3.8) is 0 Å². The van der Waals surface area contributed by atoms with Crippen LogP contribution in [-0.4, -0.2) is 20.7 Å². The summed E-state index contributed by atoms with van der Waals surface area (Å²) in [7, 11) is 0. The van der Waals surface area contributed by atoms with Gasteiger partial charge in [0.15, 0.2) is 10.6 Å². The molecule has 0 bridgehead atoms. The number of nitrogens with zero attached hydrogens (tertiary/aromatic N) is 2. The van der Waals surface area contributed by atoms with Gasteiger partial charge in [-0.1, -0.05) is 25.7 Å². The first-order chi connectivity index (χ1) is 10.2. The summed E-state index contributed by atoms with van der Waals surface area (Å²) in [5, 5.41) is 10.1. The molecule has 2 fully saturated rings. The van der Waals surface area contributed by atoms with E-state index in [1.165, 1.54) is 38.5 Å². The summed E-state index contributed by atoms with van der Waals surface area (Å²) in [4.78, 5) is 12.1. The zero-order chi connectivity index (χ0) is 14.7. The van der Waals surface area contributed by atoms with Gasteiger partial charge in [0.05, 0.1) is 6.54 Å². The van der Waals surface area contributed by atoms with Crippen molar-refractivity contribution in [3.05, 3.63) is 10.6 Å². The van der Waals surface area contributed by atoms with Crippen molar-refractivity contribution in [1.29, 1.82) is 0 Å². The van der Waals surface area contributed by atoms with Gasteiger partial charge in [0.25, 0.3) is 0 Å². The number of H-pyrrole nitrogens is 1. The van der Waals surface area contributed by atoms with Gasteiger partial charge in [-0.15, -0.1) is 0 Å².